The smallest absolute Gasteiger partial charge is 0.121 e. The summed E-state index contributed by atoms with van der Waals surface area (Å²) in [6.07, 6.45) is 0. The monoisotopic (exact) mass is 285 g/mol. The predicted octanol–water partition coefficient (Wildman–Crippen LogP) is 3.57. The van der Waals surface area contributed by atoms with Crippen LogP contribution in [0, 0.1) is 5.92 Å². The van der Waals surface area contributed by atoms with E-state index in [9.17, 15) is 5.11 Å². The van der Waals surface area contributed by atoms with E-state index in [1.807, 2.05) is 24.3 Å². The third kappa shape index (κ3) is 2.76. The summed E-state index contributed by atoms with van der Waals surface area (Å²) in [5.74, 6) is 0.832. The highest BCUT2D eigenvalue weighted by Gasteiger charge is 2.28. The number of phenols is 1. The lowest BCUT2D eigenvalue weighted by molar-refractivity contribution is 0.00546. The largest absolute Gasteiger partial charge is 0.508 e. The number of hydrogen-bond donors (Lipinski definition) is 1. The number of nitrogens with zero attached hydrogens (tertiary/aromatic N) is 1. The molecule has 1 N–H and O–H groups in total. The molecule has 3 nitrogen and oxygen atoms in total. The summed E-state index contributed by atoms with van der Waals surface area (Å²) in [5.41, 5.74) is 1.06. The van der Waals surface area contributed by atoms with Crippen LogP contribution in [0.3, 0.4) is 0 Å². The summed E-state index contributed by atoms with van der Waals surface area (Å²) in [5, 5.41) is 12.8. The highest BCUT2D eigenvalue weighted by molar-refractivity contribution is 5.88. The van der Waals surface area contributed by atoms with Crippen molar-refractivity contribution in [2.75, 3.05) is 26.3 Å². The first-order chi connectivity index (χ1) is 10.2. The molecule has 21 heavy (non-hydrogen) atoms. The van der Waals surface area contributed by atoms with E-state index in [0.717, 1.165) is 37.3 Å². The second kappa shape index (κ2) is 6.04. The van der Waals surface area contributed by atoms with E-state index in [2.05, 4.69) is 30.9 Å². The predicted molar refractivity (Wildman–Crippen MR) is 85.6 cm³/mol. The maximum atomic E-state index is 10.5. The molecule has 1 atom stereocenters. The van der Waals surface area contributed by atoms with Crippen LogP contribution < -0.4 is 0 Å². The van der Waals surface area contributed by atoms with Gasteiger partial charge in [-0.2, -0.15) is 0 Å². The zero-order valence-electron chi connectivity index (χ0n) is 12.7. The van der Waals surface area contributed by atoms with Gasteiger partial charge in [-0.3, -0.25) is 4.90 Å². The van der Waals surface area contributed by atoms with E-state index >= 15 is 0 Å². The molecule has 0 radical (unpaired) electrons. The van der Waals surface area contributed by atoms with Gasteiger partial charge in [0.2, 0.25) is 0 Å². The van der Waals surface area contributed by atoms with Gasteiger partial charge in [-0.05, 0) is 22.8 Å². The summed E-state index contributed by atoms with van der Waals surface area (Å²) >= 11 is 0. The minimum Gasteiger partial charge on any atom is -0.508 e. The zero-order chi connectivity index (χ0) is 14.8. The van der Waals surface area contributed by atoms with Gasteiger partial charge >= 0.3 is 0 Å². The average Bonchev–Trinajstić information content (AvgIpc) is 2.51. The fraction of sp³-hybridized carbons (Fsp3) is 0.444. The Hall–Kier alpha value is -1.58. The fourth-order valence-electron chi connectivity index (χ4n) is 3.39. The van der Waals surface area contributed by atoms with Gasteiger partial charge in [-0.15, -0.1) is 0 Å². The highest BCUT2D eigenvalue weighted by atomic mass is 16.5. The number of phenolic OH excluding ortho intramolecular Hbond substituents is 1. The van der Waals surface area contributed by atoms with Crippen LogP contribution in [0.15, 0.2) is 36.4 Å². The Morgan fingerprint density at radius 3 is 2.48 bits per heavy atom. The van der Waals surface area contributed by atoms with Gasteiger partial charge in [0.25, 0.3) is 0 Å². The van der Waals surface area contributed by atoms with E-state index < -0.39 is 0 Å². The van der Waals surface area contributed by atoms with E-state index in [1.165, 1.54) is 5.39 Å². The first-order valence-corrected chi connectivity index (χ1v) is 7.71. The van der Waals surface area contributed by atoms with E-state index in [0.29, 0.717) is 11.7 Å². The quantitative estimate of drug-likeness (QED) is 0.935. The molecule has 1 aliphatic rings. The molecule has 1 unspecified atom stereocenters. The summed E-state index contributed by atoms with van der Waals surface area (Å²) in [4.78, 5) is 2.44. The molecule has 0 saturated carbocycles. The molecular weight excluding hydrogens is 262 g/mol. The molecule has 1 saturated heterocycles. The highest BCUT2D eigenvalue weighted by Crippen LogP contribution is 2.39. The van der Waals surface area contributed by atoms with Crippen molar-refractivity contribution in [2.45, 2.75) is 19.9 Å². The van der Waals surface area contributed by atoms with Crippen molar-refractivity contribution in [2.24, 2.45) is 5.92 Å². The van der Waals surface area contributed by atoms with E-state index in [1.54, 1.807) is 0 Å². The van der Waals surface area contributed by atoms with Crippen LogP contribution in [-0.4, -0.2) is 36.3 Å². The number of rotatable bonds is 3. The van der Waals surface area contributed by atoms with Crippen LogP contribution >= 0.6 is 0 Å². The van der Waals surface area contributed by atoms with Crippen molar-refractivity contribution in [1.29, 1.82) is 0 Å². The van der Waals surface area contributed by atoms with Crippen LogP contribution in [0.5, 0.6) is 5.75 Å². The normalized spacial score (nSPS) is 18.2. The lowest BCUT2D eigenvalue weighted by Crippen LogP contribution is -2.41. The number of hydrogen-bond acceptors (Lipinski definition) is 3. The number of morpholine rings is 1. The molecule has 0 bridgehead atoms. The molecule has 0 aliphatic carbocycles. The Morgan fingerprint density at radius 1 is 1.05 bits per heavy atom. The first-order valence-electron chi connectivity index (χ1n) is 7.71. The van der Waals surface area contributed by atoms with Gasteiger partial charge in [-0.1, -0.05) is 44.2 Å². The maximum absolute atomic E-state index is 10.5. The second-order valence-electron chi connectivity index (χ2n) is 6.06. The van der Waals surface area contributed by atoms with Gasteiger partial charge in [-0.25, -0.2) is 0 Å². The number of benzene rings is 2. The van der Waals surface area contributed by atoms with E-state index in [-0.39, 0.29) is 6.04 Å². The maximum Gasteiger partial charge on any atom is 0.121 e. The summed E-state index contributed by atoms with van der Waals surface area (Å²) in [6.45, 7) is 7.84. The van der Waals surface area contributed by atoms with Gasteiger partial charge in [0.1, 0.15) is 5.75 Å². The summed E-state index contributed by atoms with van der Waals surface area (Å²) in [6, 6.07) is 12.3. The fourth-order valence-corrected chi connectivity index (χ4v) is 3.39. The molecule has 3 heteroatoms. The molecule has 112 valence electrons. The first kappa shape index (κ1) is 14.4. The summed E-state index contributed by atoms with van der Waals surface area (Å²) < 4.78 is 5.48. The van der Waals surface area contributed by atoms with Gasteiger partial charge in [0.15, 0.2) is 0 Å². The number of aromatic hydroxyl groups is 1. The number of ether oxygens (including phenoxy) is 1. The van der Waals surface area contributed by atoms with Crippen LogP contribution in [0.25, 0.3) is 10.8 Å². The molecule has 0 aromatic heterocycles. The number of fused-ring (bicyclic) bond motifs is 1. The van der Waals surface area contributed by atoms with Crippen molar-refractivity contribution >= 4 is 10.8 Å². The summed E-state index contributed by atoms with van der Waals surface area (Å²) in [7, 11) is 0. The third-order valence-electron chi connectivity index (χ3n) is 4.31. The second-order valence-corrected chi connectivity index (χ2v) is 6.06. The SMILES string of the molecule is CC(C)C(c1c(O)ccc2ccccc12)N1CCOCC1. The molecule has 0 amide bonds. The molecule has 3 rings (SSSR count). The van der Waals surface area contributed by atoms with Gasteiger partial charge < -0.3 is 9.84 Å². The third-order valence-corrected chi connectivity index (χ3v) is 4.31. The van der Waals surface area contributed by atoms with Crippen molar-refractivity contribution in [3.8, 4) is 5.75 Å². The molecule has 2 aromatic rings. The molecule has 2 aromatic carbocycles. The van der Waals surface area contributed by atoms with Crippen LogP contribution in [0.4, 0.5) is 0 Å². The van der Waals surface area contributed by atoms with Crippen molar-refractivity contribution in [3.63, 3.8) is 0 Å². The van der Waals surface area contributed by atoms with Crippen LogP contribution in [-0.2, 0) is 4.74 Å². The minimum atomic E-state index is 0.222. The van der Waals surface area contributed by atoms with Gasteiger partial charge in [0.05, 0.1) is 13.2 Å². The Morgan fingerprint density at radius 2 is 1.76 bits per heavy atom. The van der Waals surface area contributed by atoms with Crippen LogP contribution in [0.1, 0.15) is 25.5 Å². The Labute approximate surface area is 126 Å². The minimum absolute atomic E-state index is 0.222. The zero-order valence-corrected chi connectivity index (χ0v) is 12.7. The molecule has 1 aliphatic heterocycles. The Balaban J connectivity index is 2.12. The van der Waals surface area contributed by atoms with E-state index in [4.69, 9.17) is 4.74 Å². The molecule has 1 fully saturated rings. The lowest BCUT2D eigenvalue weighted by Gasteiger charge is -2.38. The standard InChI is InChI=1S/C18H23NO2/c1-13(2)18(19-9-11-21-12-10-19)17-15-6-4-3-5-14(15)7-8-16(17)20/h3-8,13,18,20H,9-12H2,1-2H3. The average molecular weight is 285 g/mol. The van der Waals surface area contributed by atoms with Gasteiger partial charge in [0, 0.05) is 24.7 Å². The molecule has 0 spiro atoms. The lowest BCUT2D eigenvalue weighted by atomic mass is 9.89. The Bertz CT molecular complexity index is 618. The van der Waals surface area contributed by atoms with Crippen molar-refractivity contribution in [3.05, 3.63) is 42.0 Å². The topological polar surface area (TPSA) is 32.7 Å². The molecule has 1 heterocycles. The van der Waals surface area contributed by atoms with Crippen LogP contribution in [0.2, 0.25) is 0 Å². The van der Waals surface area contributed by atoms with Crippen molar-refractivity contribution < 1.29 is 9.84 Å². The van der Waals surface area contributed by atoms with Crippen molar-refractivity contribution in [1.82, 2.24) is 4.90 Å². The Kier molecular flexibility index (Phi) is 4.13. The molecular formula is C18H23NO2.